The molecule has 0 spiro atoms. The van der Waals surface area contributed by atoms with Gasteiger partial charge in [-0.3, -0.25) is 9.48 Å². The molecule has 128 valence electrons. The van der Waals surface area contributed by atoms with Crippen LogP contribution in [0.1, 0.15) is 37.9 Å². The molecule has 1 amide bonds. The van der Waals surface area contributed by atoms with E-state index < -0.39 is 33.8 Å². The number of fused-ring (bicyclic) bond motifs is 2. The van der Waals surface area contributed by atoms with Gasteiger partial charge in [-0.05, 0) is 38.2 Å². The molecule has 2 bridgehead atoms. The van der Waals surface area contributed by atoms with Crippen molar-refractivity contribution in [1.29, 1.82) is 0 Å². The molecule has 0 aromatic carbocycles. The number of alkyl halides is 3. The lowest BCUT2D eigenvalue weighted by molar-refractivity contribution is -0.142. The summed E-state index contributed by atoms with van der Waals surface area (Å²) in [6.45, 7) is 1.35. The van der Waals surface area contributed by atoms with Crippen molar-refractivity contribution in [3.05, 3.63) is 18.0 Å². The molecule has 10 heteroatoms. The van der Waals surface area contributed by atoms with Gasteiger partial charge in [0, 0.05) is 12.2 Å². The van der Waals surface area contributed by atoms with Crippen molar-refractivity contribution in [3.8, 4) is 0 Å². The first-order valence-electron chi connectivity index (χ1n) is 7.28. The number of sulfonamides is 1. The number of amides is 1. The first-order valence-corrected chi connectivity index (χ1v) is 8.89. The fourth-order valence-electron chi connectivity index (χ4n) is 3.34. The Morgan fingerprint density at radius 3 is 2.70 bits per heavy atom. The molecule has 2 fully saturated rings. The zero-order chi connectivity index (χ0) is 17.0. The van der Waals surface area contributed by atoms with Gasteiger partial charge in [-0.25, -0.2) is 12.7 Å². The van der Waals surface area contributed by atoms with Gasteiger partial charge in [0.25, 0.3) is 5.91 Å². The number of hydrogen-bond donors (Lipinski definition) is 0. The second kappa shape index (κ2) is 5.22. The van der Waals surface area contributed by atoms with E-state index in [1.165, 1.54) is 6.92 Å². The topological polar surface area (TPSA) is 72.3 Å². The highest BCUT2D eigenvalue weighted by molar-refractivity contribution is 7.89. The van der Waals surface area contributed by atoms with Gasteiger partial charge >= 0.3 is 6.18 Å². The Labute approximate surface area is 131 Å². The van der Waals surface area contributed by atoms with Crippen molar-refractivity contribution in [2.45, 2.75) is 44.4 Å². The fourth-order valence-corrected chi connectivity index (χ4v) is 5.47. The largest absolute Gasteiger partial charge is 0.435 e. The summed E-state index contributed by atoms with van der Waals surface area (Å²) in [5, 5.41) is 3.36. The summed E-state index contributed by atoms with van der Waals surface area (Å²) >= 11 is 0. The molecule has 2 heterocycles. The fraction of sp³-hybridized carbons (Fsp3) is 0.692. The number of rotatable bonds is 2. The minimum absolute atomic E-state index is 0.0745. The van der Waals surface area contributed by atoms with E-state index in [4.69, 9.17) is 0 Å². The van der Waals surface area contributed by atoms with Crippen molar-refractivity contribution in [3.63, 3.8) is 0 Å². The minimum Gasteiger partial charge on any atom is -0.271 e. The highest BCUT2D eigenvalue weighted by atomic mass is 32.2. The lowest BCUT2D eigenvalue weighted by Crippen LogP contribution is -2.50. The SMILES string of the molecule is CC(C(=O)N1[C@@H]2CC[C@@H](C2)CS1(=O)=O)n1ccc(C(F)(F)F)n1. The number of aromatic nitrogens is 2. The predicted octanol–water partition coefficient (Wildman–Crippen LogP) is 1.80. The molecule has 1 saturated carbocycles. The molecule has 1 aromatic heterocycles. The summed E-state index contributed by atoms with van der Waals surface area (Å²) < 4.78 is 64.1. The van der Waals surface area contributed by atoms with Crippen LogP contribution in [0.2, 0.25) is 0 Å². The molecule has 1 aromatic rings. The van der Waals surface area contributed by atoms with Gasteiger partial charge in [0.05, 0.1) is 5.75 Å². The maximum absolute atomic E-state index is 12.6. The Kier molecular flexibility index (Phi) is 3.69. The number of nitrogens with zero attached hydrogens (tertiary/aromatic N) is 3. The van der Waals surface area contributed by atoms with Crippen LogP contribution >= 0.6 is 0 Å². The lowest BCUT2D eigenvalue weighted by Gasteiger charge is -2.34. The molecule has 2 aliphatic rings. The third kappa shape index (κ3) is 2.84. The molecule has 0 radical (unpaired) electrons. The van der Waals surface area contributed by atoms with Crippen LogP contribution in [0, 0.1) is 5.92 Å². The van der Waals surface area contributed by atoms with Crippen LogP contribution in [0.4, 0.5) is 13.2 Å². The zero-order valence-electron chi connectivity index (χ0n) is 12.3. The van der Waals surface area contributed by atoms with Crippen molar-refractivity contribution >= 4 is 15.9 Å². The Hall–Kier alpha value is -1.58. The van der Waals surface area contributed by atoms with Gasteiger partial charge < -0.3 is 0 Å². The van der Waals surface area contributed by atoms with Gasteiger partial charge in [0.1, 0.15) is 6.04 Å². The van der Waals surface area contributed by atoms with Crippen LogP contribution in [0.3, 0.4) is 0 Å². The average Bonchev–Trinajstić information content (AvgIpc) is 3.04. The zero-order valence-corrected chi connectivity index (χ0v) is 13.1. The van der Waals surface area contributed by atoms with E-state index in [1.807, 2.05) is 0 Å². The van der Waals surface area contributed by atoms with Crippen molar-refractivity contribution < 1.29 is 26.4 Å². The molecule has 1 saturated heterocycles. The van der Waals surface area contributed by atoms with Gasteiger partial charge in [0.2, 0.25) is 10.0 Å². The van der Waals surface area contributed by atoms with Crippen LogP contribution in [0.15, 0.2) is 12.3 Å². The molecule has 1 aliphatic heterocycles. The molecule has 1 aliphatic carbocycles. The monoisotopic (exact) mass is 351 g/mol. The molecule has 6 nitrogen and oxygen atoms in total. The Balaban J connectivity index is 1.86. The van der Waals surface area contributed by atoms with E-state index in [0.29, 0.717) is 12.8 Å². The highest BCUT2D eigenvalue weighted by Crippen LogP contribution is 2.38. The summed E-state index contributed by atoms with van der Waals surface area (Å²) in [5.74, 6) is -0.729. The minimum atomic E-state index is -4.61. The van der Waals surface area contributed by atoms with Crippen LogP contribution < -0.4 is 0 Å². The molecular formula is C13H16F3N3O3S. The highest BCUT2D eigenvalue weighted by Gasteiger charge is 2.47. The average molecular weight is 351 g/mol. The first kappa shape index (κ1) is 16.3. The predicted molar refractivity (Wildman–Crippen MR) is 73.7 cm³/mol. The summed E-state index contributed by atoms with van der Waals surface area (Å²) in [4.78, 5) is 12.6. The lowest BCUT2D eigenvalue weighted by atomic mass is 10.1. The summed E-state index contributed by atoms with van der Waals surface area (Å²) in [6, 6.07) is -0.732. The van der Waals surface area contributed by atoms with Crippen molar-refractivity contribution in [1.82, 2.24) is 14.1 Å². The van der Waals surface area contributed by atoms with Gasteiger partial charge in [-0.2, -0.15) is 18.3 Å². The maximum Gasteiger partial charge on any atom is 0.435 e. The van der Waals surface area contributed by atoms with E-state index in [9.17, 15) is 26.4 Å². The normalized spacial score (nSPS) is 27.9. The van der Waals surface area contributed by atoms with Gasteiger partial charge in [-0.15, -0.1) is 0 Å². The summed E-state index contributed by atoms with van der Waals surface area (Å²) in [6.07, 6.45) is -1.58. The van der Waals surface area contributed by atoms with E-state index >= 15 is 0 Å². The van der Waals surface area contributed by atoms with E-state index in [-0.39, 0.29) is 17.7 Å². The molecule has 1 unspecified atom stereocenters. The standard InChI is InChI=1S/C13H16F3N3O3S/c1-8(18-5-4-11(17-18)13(14,15)16)12(20)19-10-3-2-9(6-10)7-23(19,21)22/h4-5,8-10H,2-3,6-7H2,1H3/t8?,9-,10+/m0/s1. The molecular weight excluding hydrogens is 335 g/mol. The van der Waals surface area contributed by atoms with Crippen molar-refractivity contribution in [2.75, 3.05) is 5.75 Å². The van der Waals surface area contributed by atoms with E-state index in [0.717, 1.165) is 27.7 Å². The Morgan fingerprint density at radius 1 is 1.39 bits per heavy atom. The van der Waals surface area contributed by atoms with Crippen LogP contribution in [0.5, 0.6) is 0 Å². The smallest absolute Gasteiger partial charge is 0.271 e. The first-order chi connectivity index (χ1) is 10.6. The number of hydrogen-bond acceptors (Lipinski definition) is 4. The van der Waals surface area contributed by atoms with Crippen LogP contribution in [0.25, 0.3) is 0 Å². The summed E-state index contributed by atoms with van der Waals surface area (Å²) in [5.41, 5.74) is -1.11. The van der Waals surface area contributed by atoms with Gasteiger partial charge in [-0.1, -0.05) is 0 Å². The third-order valence-corrected chi connectivity index (χ3v) is 6.43. The van der Waals surface area contributed by atoms with E-state index in [1.54, 1.807) is 0 Å². The number of halogens is 3. The quantitative estimate of drug-likeness (QED) is 0.815. The second-order valence-corrected chi connectivity index (χ2v) is 7.99. The van der Waals surface area contributed by atoms with Crippen LogP contribution in [-0.4, -0.2) is 40.2 Å². The third-order valence-electron chi connectivity index (χ3n) is 4.46. The molecule has 3 atom stereocenters. The summed E-state index contributed by atoms with van der Waals surface area (Å²) in [7, 11) is -3.71. The molecule has 0 N–H and O–H groups in total. The molecule has 3 rings (SSSR count). The Morgan fingerprint density at radius 2 is 2.09 bits per heavy atom. The maximum atomic E-state index is 12.6. The van der Waals surface area contributed by atoms with Gasteiger partial charge in [0.15, 0.2) is 5.69 Å². The number of carbonyl (C=O) groups is 1. The number of carbonyl (C=O) groups excluding carboxylic acids is 1. The van der Waals surface area contributed by atoms with Crippen LogP contribution in [-0.2, 0) is 21.0 Å². The second-order valence-electron chi connectivity index (χ2n) is 6.10. The molecule has 23 heavy (non-hydrogen) atoms. The van der Waals surface area contributed by atoms with E-state index in [2.05, 4.69) is 5.10 Å². The Bertz CT molecular complexity index is 728. The van der Waals surface area contributed by atoms with Crippen molar-refractivity contribution in [2.24, 2.45) is 5.92 Å².